The molecule has 0 amide bonds. The minimum atomic E-state index is -0.224. The van der Waals surface area contributed by atoms with E-state index < -0.39 is 0 Å². The highest BCUT2D eigenvalue weighted by molar-refractivity contribution is 7.08. The molecule has 0 aliphatic carbocycles. The van der Waals surface area contributed by atoms with Crippen LogP contribution in [0.2, 0.25) is 0 Å². The Morgan fingerprint density at radius 3 is 2.44 bits per heavy atom. The van der Waals surface area contributed by atoms with Gasteiger partial charge >= 0.3 is 0 Å². The molecule has 1 aromatic heterocycles. The molecule has 1 heterocycles. The molecule has 0 N–H and O–H groups in total. The van der Waals surface area contributed by atoms with E-state index >= 15 is 0 Å². The fraction of sp³-hybridized carbons (Fsp3) is 0.333. The zero-order chi connectivity index (χ0) is 11.6. The van der Waals surface area contributed by atoms with Crippen LogP contribution in [0, 0.1) is 0 Å². The largest absolute Gasteiger partial charge is 0.476 e. The van der Waals surface area contributed by atoms with Crippen molar-refractivity contribution >= 4 is 11.5 Å². The van der Waals surface area contributed by atoms with Gasteiger partial charge in [0, 0.05) is 17.1 Å². The summed E-state index contributed by atoms with van der Waals surface area (Å²) in [4.78, 5) is 0. The number of benzene rings is 1. The van der Waals surface area contributed by atoms with Gasteiger partial charge < -0.3 is 4.74 Å². The molecule has 2 aromatic rings. The predicted molar refractivity (Wildman–Crippen MR) is 65.7 cm³/mol. The van der Waals surface area contributed by atoms with Crippen molar-refractivity contribution in [3.63, 3.8) is 0 Å². The standard InChI is InChI=1S/C12H14N2OS/c1-12(2,3)15-11-10(13-14-16-11)9-7-5-4-6-8-9/h4-8H,1-3H3. The highest BCUT2D eigenvalue weighted by atomic mass is 32.1. The summed E-state index contributed by atoms with van der Waals surface area (Å²) >= 11 is 1.29. The van der Waals surface area contributed by atoms with Gasteiger partial charge in [-0.3, -0.25) is 0 Å². The van der Waals surface area contributed by atoms with Gasteiger partial charge in [-0.05, 0) is 20.8 Å². The zero-order valence-corrected chi connectivity index (χ0v) is 10.4. The molecule has 2 rings (SSSR count). The van der Waals surface area contributed by atoms with E-state index in [1.807, 2.05) is 51.1 Å². The Labute approximate surface area is 99.3 Å². The van der Waals surface area contributed by atoms with Crippen molar-refractivity contribution in [2.45, 2.75) is 26.4 Å². The smallest absolute Gasteiger partial charge is 0.222 e. The zero-order valence-electron chi connectivity index (χ0n) is 9.60. The second-order valence-corrected chi connectivity index (χ2v) is 5.21. The Kier molecular flexibility index (Phi) is 2.92. The van der Waals surface area contributed by atoms with Crippen LogP contribution >= 0.6 is 11.5 Å². The Morgan fingerprint density at radius 1 is 1.12 bits per heavy atom. The molecule has 3 nitrogen and oxygen atoms in total. The molecule has 0 saturated carbocycles. The lowest BCUT2D eigenvalue weighted by Crippen LogP contribution is -2.22. The van der Waals surface area contributed by atoms with Gasteiger partial charge in [0.2, 0.25) is 5.06 Å². The molecule has 0 fully saturated rings. The highest BCUT2D eigenvalue weighted by Crippen LogP contribution is 2.33. The van der Waals surface area contributed by atoms with Crippen molar-refractivity contribution in [1.82, 2.24) is 9.59 Å². The first-order valence-corrected chi connectivity index (χ1v) is 5.90. The fourth-order valence-corrected chi connectivity index (χ4v) is 2.03. The number of aromatic nitrogens is 2. The predicted octanol–water partition coefficient (Wildman–Crippen LogP) is 3.38. The van der Waals surface area contributed by atoms with Gasteiger partial charge in [0.05, 0.1) is 0 Å². The topological polar surface area (TPSA) is 35.0 Å². The lowest BCUT2D eigenvalue weighted by molar-refractivity contribution is 0.137. The molecule has 0 unspecified atom stereocenters. The van der Waals surface area contributed by atoms with Crippen LogP contribution in [-0.2, 0) is 0 Å². The first kappa shape index (κ1) is 11.1. The lowest BCUT2D eigenvalue weighted by atomic mass is 10.1. The van der Waals surface area contributed by atoms with E-state index in [1.165, 1.54) is 11.5 Å². The number of nitrogens with zero attached hydrogens (tertiary/aromatic N) is 2. The first-order valence-electron chi connectivity index (χ1n) is 5.13. The van der Waals surface area contributed by atoms with Crippen LogP contribution in [0.25, 0.3) is 11.3 Å². The molecule has 4 heteroatoms. The quantitative estimate of drug-likeness (QED) is 0.799. The number of hydrogen-bond acceptors (Lipinski definition) is 4. The minimum absolute atomic E-state index is 0.224. The third kappa shape index (κ3) is 2.58. The van der Waals surface area contributed by atoms with Gasteiger partial charge in [0.25, 0.3) is 0 Å². The van der Waals surface area contributed by atoms with Crippen molar-refractivity contribution in [1.29, 1.82) is 0 Å². The average molecular weight is 234 g/mol. The second-order valence-electron chi connectivity index (χ2n) is 4.49. The van der Waals surface area contributed by atoms with E-state index in [0.717, 1.165) is 16.3 Å². The van der Waals surface area contributed by atoms with E-state index in [-0.39, 0.29) is 5.60 Å². The summed E-state index contributed by atoms with van der Waals surface area (Å²) in [6, 6.07) is 9.96. The summed E-state index contributed by atoms with van der Waals surface area (Å²) < 4.78 is 9.77. The monoisotopic (exact) mass is 234 g/mol. The Bertz CT molecular complexity index is 459. The second kappa shape index (κ2) is 4.22. The van der Waals surface area contributed by atoms with Crippen molar-refractivity contribution in [2.24, 2.45) is 0 Å². The SMILES string of the molecule is CC(C)(C)Oc1snnc1-c1ccccc1. The lowest BCUT2D eigenvalue weighted by Gasteiger charge is -2.19. The first-order chi connectivity index (χ1) is 7.56. The maximum Gasteiger partial charge on any atom is 0.222 e. The maximum atomic E-state index is 5.82. The highest BCUT2D eigenvalue weighted by Gasteiger charge is 2.18. The summed E-state index contributed by atoms with van der Waals surface area (Å²) in [7, 11) is 0. The van der Waals surface area contributed by atoms with E-state index in [2.05, 4.69) is 9.59 Å². The Hall–Kier alpha value is -1.42. The summed E-state index contributed by atoms with van der Waals surface area (Å²) in [6.07, 6.45) is 0. The maximum absolute atomic E-state index is 5.82. The average Bonchev–Trinajstić information content (AvgIpc) is 2.64. The molecule has 84 valence electrons. The van der Waals surface area contributed by atoms with E-state index in [9.17, 15) is 0 Å². The van der Waals surface area contributed by atoms with Gasteiger partial charge in [-0.15, -0.1) is 5.10 Å². The fourth-order valence-electron chi connectivity index (χ4n) is 1.30. The molecule has 0 aliphatic heterocycles. The van der Waals surface area contributed by atoms with Crippen LogP contribution in [0.4, 0.5) is 0 Å². The van der Waals surface area contributed by atoms with Gasteiger partial charge in [0.1, 0.15) is 11.3 Å². The van der Waals surface area contributed by atoms with Gasteiger partial charge in [-0.2, -0.15) is 0 Å². The van der Waals surface area contributed by atoms with Gasteiger partial charge in [0.15, 0.2) is 0 Å². The van der Waals surface area contributed by atoms with Crippen molar-refractivity contribution < 1.29 is 4.74 Å². The third-order valence-corrected chi connectivity index (χ3v) is 2.51. The van der Waals surface area contributed by atoms with Crippen LogP contribution < -0.4 is 4.74 Å². The van der Waals surface area contributed by atoms with E-state index in [0.29, 0.717) is 0 Å². The molecule has 0 spiro atoms. The van der Waals surface area contributed by atoms with Crippen LogP contribution in [0.15, 0.2) is 30.3 Å². The van der Waals surface area contributed by atoms with Gasteiger partial charge in [-0.1, -0.05) is 34.8 Å². The normalized spacial score (nSPS) is 11.4. The molecule has 1 aromatic carbocycles. The third-order valence-electron chi connectivity index (χ3n) is 1.90. The van der Waals surface area contributed by atoms with Gasteiger partial charge in [-0.25, -0.2) is 0 Å². The van der Waals surface area contributed by atoms with Crippen LogP contribution in [0.5, 0.6) is 5.06 Å². The molecular formula is C12H14N2OS. The minimum Gasteiger partial charge on any atom is -0.476 e. The molecule has 0 aliphatic rings. The molecular weight excluding hydrogens is 220 g/mol. The summed E-state index contributed by atoms with van der Waals surface area (Å²) in [6.45, 7) is 6.05. The Morgan fingerprint density at radius 2 is 1.81 bits per heavy atom. The van der Waals surface area contributed by atoms with Crippen molar-refractivity contribution in [3.8, 4) is 16.3 Å². The molecule has 0 atom stereocenters. The molecule has 16 heavy (non-hydrogen) atoms. The summed E-state index contributed by atoms with van der Waals surface area (Å²) in [5.41, 5.74) is 1.63. The van der Waals surface area contributed by atoms with Crippen LogP contribution in [0.3, 0.4) is 0 Å². The summed E-state index contributed by atoms with van der Waals surface area (Å²) in [5.74, 6) is 0. The van der Waals surface area contributed by atoms with Crippen LogP contribution in [-0.4, -0.2) is 15.2 Å². The Balaban J connectivity index is 2.33. The molecule has 0 radical (unpaired) electrons. The van der Waals surface area contributed by atoms with E-state index in [1.54, 1.807) is 0 Å². The number of ether oxygens (including phenoxy) is 1. The molecule has 0 bridgehead atoms. The molecule has 0 saturated heterocycles. The van der Waals surface area contributed by atoms with Crippen LogP contribution in [0.1, 0.15) is 20.8 Å². The van der Waals surface area contributed by atoms with E-state index in [4.69, 9.17) is 4.74 Å². The van der Waals surface area contributed by atoms with Crippen molar-refractivity contribution in [3.05, 3.63) is 30.3 Å². The van der Waals surface area contributed by atoms with Crippen molar-refractivity contribution in [2.75, 3.05) is 0 Å². The number of hydrogen-bond donors (Lipinski definition) is 0. The number of rotatable bonds is 2. The summed E-state index contributed by atoms with van der Waals surface area (Å²) in [5, 5.41) is 4.89.